The molecular formula is C54H59N15O4S. The Labute approximate surface area is 431 Å². The zero-order chi connectivity index (χ0) is 51.7. The van der Waals surface area contributed by atoms with Crippen LogP contribution in [0.2, 0.25) is 0 Å². The highest BCUT2D eigenvalue weighted by atomic mass is 32.1. The second-order valence-corrected chi connectivity index (χ2v) is 20.3. The lowest BCUT2D eigenvalue weighted by Gasteiger charge is -2.34. The van der Waals surface area contributed by atoms with Crippen LogP contribution in [0.5, 0.6) is 0 Å². The second-order valence-electron chi connectivity index (χ2n) is 19.3. The van der Waals surface area contributed by atoms with Gasteiger partial charge in [0.2, 0.25) is 11.4 Å². The number of aromatic nitrogens is 9. The first-order valence-electron chi connectivity index (χ1n) is 24.7. The number of piperazine rings is 1. The van der Waals surface area contributed by atoms with E-state index in [2.05, 4.69) is 83.0 Å². The molecule has 9 heterocycles. The first-order chi connectivity index (χ1) is 35.7. The van der Waals surface area contributed by atoms with Crippen molar-refractivity contribution in [2.24, 2.45) is 0 Å². The zero-order valence-electron chi connectivity index (χ0n) is 42.2. The molecule has 0 saturated carbocycles. The number of nitrogens with zero attached hydrogens (tertiary/aromatic N) is 13. The first kappa shape index (κ1) is 49.7. The van der Waals surface area contributed by atoms with Crippen LogP contribution < -0.4 is 31.4 Å². The summed E-state index contributed by atoms with van der Waals surface area (Å²) < 4.78 is 6.11. The normalized spacial score (nSPS) is 14.8. The van der Waals surface area contributed by atoms with Crippen LogP contribution in [-0.2, 0) is 18.7 Å². The lowest BCUT2D eigenvalue weighted by Crippen LogP contribution is -2.44. The topological polar surface area (TPSA) is 200 Å². The van der Waals surface area contributed by atoms with Gasteiger partial charge in [0.25, 0.3) is 11.5 Å². The molecule has 11 rings (SSSR count). The van der Waals surface area contributed by atoms with Crippen LogP contribution >= 0.6 is 11.3 Å². The van der Waals surface area contributed by atoms with Gasteiger partial charge in [-0.05, 0) is 108 Å². The average molecular weight is 1010 g/mol. The number of hydrogen-bond donors (Lipinski definition) is 3. The van der Waals surface area contributed by atoms with Gasteiger partial charge in [0.05, 0.1) is 52.0 Å². The predicted molar refractivity (Wildman–Crippen MR) is 292 cm³/mol. The molecule has 1 amide bonds. The van der Waals surface area contributed by atoms with Gasteiger partial charge >= 0.3 is 0 Å². The van der Waals surface area contributed by atoms with Crippen LogP contribution in [-0.4, -0.2) is 131 Å². The second kappa shape index (κ2) is 20.9. The molecule has 9 aromatic rings. The van der Waals surface area contributed by atoms with E-state index < -0.39 is 11.5 Å². The maximum Gasteiger partial charge on any atom is 0.278 e. The van der Waals surface area contributed by atoms with Gasteiger partial charge in [-0.15, -0.1) is 17.9 Å². The maximum absolute atomic E-state index is 13.7. The van der Waals surface area contributed by atoms with Crippen molar-refractivity contribution in [1.29, 1.82) is 0 Å². The number of benzene rings is 2. The third-order valence-corrected chi connectivity index (χ3v) is 14.5. The number of aryl methyl sites for hydroxylation is 1. The molecule has 0 radical (unpaired) electrons. The van der Waals surface area contributed by atoms with Crippen LogP contribution in [0.4, 0.5) is 23.1 Å². The third-order valence-electron chi connectivity index (χ3n) is 13.4. The largest absolute Gasteiger partial charge is 0.384 e. The van der Waals surface area contributed by atoms with Gasteiger partial charge in [0.15, 0.2) is 17.1 Å². The summed E-state index contributed by atoms with van der Waals surface area (Å²) in [6.45, 7) is 17.3. The van der Waals surface area contributed by atoms with Crippen molar-refractivity contribution < 1.29 is 9.90 Å². The molecular weight excluding hydrogens is 955 g/mol. The number of pyridine rings is 3. The summed E-state index contributed by atoms with van der Waals surface area (Å²) >= 11 is 1.43. The van der Waals surface area contributed by atoms with Gasteiger partial charge < -0.3 is 35.3 Å². The Hall–Kier alpha value is -7.91. The molecule has 2 aliphatic heterocycles. The number of rotatable bonds is 11. The van der Waals surface area contributed by atoms with E-state index >= 15 is 0 Å². The first-order valence-corrected chi connectivity index (χ1v) is 25.5. The van der Waals surface area contributed by atoms with Gasteiger partial charge in [-0.3, -0.25) is 28.8 Å². The lowest BCUT2D eigenvalue weighted by atomic mass is 10.1. The molecule has 2 aromatic carbocycles. The van der Waals surface area contributed by atoms with Crippen LogP contribution in [0.15, 0.2) is 120 Å². The molecule has 3 N–H and O–H groups in total. The van der Waals surface area contributed by atoms with Gasteiger partial charge in [-0.1, -0.05) is 24.3 Å². The van der Waals surface area contributed by atoms with Crippen molar-refractivity contribution in [3.05, 3.63) is 153 Å². The molecule has 0 spiro atoms. The summed E-state index contributed by atoms with van der Waals surface area (Å²) in [6, 6.07) is 25.2. The molecule has 0 unspecified atom stereocenters. The summed E-state index contributed by atoms with van der Waals surface area (Å²) in [7, 11) is 4.28. The fourth-order valence-corrected chi connectivity index (χ4v) is 10.4. The minimum Gasteiger partial charge on any atom is -0.384 e. The summed E-state index contributed by atoms with van der Waals surface area (Å²) in [5.41, 5.74) is 4.28. The number of anilines is 4. The van der Waals surface area contributed by atoms with Crippen molar-refractivity contribution in [2.45, 2.75) is 45.9 Å². The van der Waals surface area contributed by atoms with E-state index in [0.29, 0.717) is 50.1 Å². The van der Waals surface area contributed by atoms with Crippen molar-refractivity contribution in [3.8, 4) is 5.82 Å². The van der Waals surface area contributed by atoms with E-state index in [9.17, 15) is 19.5 Å². The molecule has 0 bridgehead atoms. The quantitative estimate of drug-likeness (QED) is 0.125. The van der Waals surface area contributed by atoms with E-state index in [4.69, 9.17) is 9.97 Å². The summed E-state index contributed by atoms with van der Waals surface area (Å²) in [4.78, 5) is 77.5. The molecule has 19 nitrogen and oxygen atoms in total. The molecule has 0 atom stereocenters. The predicted octanol–water partition coefficient (Wildman–Crippen LogP) is 6.12. The number of para-hydroxylation sites is 1. The van der Waals surface area contributed by atoms with Crippen LogP contribution in [0, 0.1) is 6.92 Å². The molecule has 20 heteroatoms. The Morgan fingerprint density at radius 3 is 2.27 bits per heavy atom. The van der Waals surface area contributed by atoms with Crippen LogP contribution in [0.1, 0.15) is 47.7 Å². The highest BCUT2D eigenvalue weighted by molar-refractivity contribution is 7.24. The Morgan fingerprint density at radius 1 is 0.770 bits per heavy atom. The number of carbonyl (C=O) groups is 1. The Kier molecular flexibility index (Phi) is 14.0. The highest BCUT2D eigenvalue weighted by Crippen LogP contribution is 2.32. The van der Waals surface area contributed by atoms with Crippen LogP contribution in [0.3, 0.4) is 0 Å². The minimum absolute atomic E-state index is 0.125. The molecule has 2 saturated heterocycles. The van der Waals surface area contributed by atoms with Gasteiger partial charge in [-0.25, -0.2) is 24.3 Å². The van der Waals surface area contributed by atoms with Gasteiger partial charge in [0, 0.05) is 69.6 Å². The number of amides is 1. The number of aliphatic hydroxyl groups is 1. The van der Waals surface area contributed by atoms with Crippen molar-refractivity contribution in [3.63, 3.8) is 0 Å². The highest BCUT2D eigenvalue weighted by Gasteiger charge is 2.25. The van der Waals surface area contributed by atoms with Gasteiger partial charge in [-0.2, -0.15) is 4.98 Å². The Balaban J connectivity index is 0.000000169. The fraction of sp³-hybridized carbons (Fsp3) is 0.315. The number of allylic oxidation sites excluding steroid dienone is 1. The lowest BCUT2D eigenvalue weighted by molar-refractivity contribution is 0.0737. The summed E-state index contributed by atoms with van der Waals surface area (Å²) in [5.74, 6) is 1.25. The molecule has 7 aromatic heterocycles. The monoisotopic (exact) mass is 1010 g/mol. The zero-order valence-corrected chi connectivity index (χ0v) is 43.0. The van der Waals surface area contributed by atoms with E-state index in [0.717, 1.165) is 86.2 Å². The van der Waals surface area contributed by atoms with Crippen molar-refractivity contribution in [1.82, 2.24) is 58.8 Å². The summed E-state index contributed by atoms with van der Waals surface area (Å²) in [5, 5.41) is 17.4. The van der Waals surface area contributed by atoms with Crippen molar-refractivity contribution >= 4 is 77.5 Å². The van der Waals surface area contributed by atoms with Gasteiger partial charge in [0.1, 0.15) is 27.2 Å². The van der Waals surface area contributed by atoms with E-state index in [1.807, 2.05) is 59.9 Å². The third kappa shape index (κ3) is 10.2. The van der Waals surface area contributed by atoms with Crippen LogP contribution in [0.25, 0.3) is 42.9 Å². The SMILES string of the molecule is C=CCn1c(=O)c2cnc(Nc3ccc(N4CCN(C)CC4)cc3)nc2n1-c1cccc(C(C)(C)O)n1.Cc1cnc(CNC(=O)c2c(=O)c3ccc(N4CCCN(C)CC4)nc3n3c2sc2ccccc23)cn1. The molecule has 2 fully saturated rings. The Morgan fingerprint density at radius 2 is 1.53 bits per heavy atom. The standard InChI is InChI=1S/C27H32N8O2.C27H27N7O2S/c1-5-13-34-25(36)21-18-28-26(29-19-9-11-20(12-10-19)33-16-14-32(4)15-17-33)31-24(21)35(34)23-8-6-7-22(30-23)27(2,3)37;1-17-14-29-18(15-28-17)16-30-26(36)23-24(35)19-8-9-22(33-11-5-10-32(2)12-13-33)31-25(19)34-20-6-3-4-7-21(20)37-27(23)34/h5-12,18,37H,1,13-17H2,2-4H3,(H,28,29,31);3-4,6-9,14-15H,5,10-13,16H2,1-2H3,(H,30,36). The molecule has 74 heavy (non-hydrogen) atoms. The molecule has 2 aliphatic rings. The number of carbonyl (C=O) groups excluding carboxylic acids is 1. The van der Waals surface area contributed by atoms with E-state index in [-0.39, 0.29) is 29.6 Å². The number of likely N-dealkylation sites (N-methyl/N-ethyl adjacent to an activating group) is 2. The average Bonchev–Trinajstić information content (AvgIpc) is 3.81. The summed E-state index contributed by atoms with van der Waals surface area (Å²) in [6.07, 6.45) is 7.51. The number of fused-ring (bicyclic) bond motifs is 6. The van der Waals surface area contributed by atoms with E-state index in [1.165, 1.54) is 27.9 Å². The van der Waals surface area contributed by atoms with E-state index in [1.54, 1.807) is 55.2 Å². The Bertz CT molecular complexity index is 3650. The smallest absolute Gasteiger partial charge is 0.278 e. The number of nitrogens with one attached hydrogen (secondary N) is 2. The minimum atomic E-state index is -1.14. The van der Waals surface area contributed by atoms with Crippen molar-refractivity contribution in [2.75, 3.05) is 81.6 Å². The number of hydrogen-bond acceptors (Lipinski definition) is 16. The maximum atomic E-state index is 13.7. The number of thiazole rings is 1. The molecule has 0 aliphatic carbocycles. The fourth-order valence-electron chi connectivity index (χ4n) is 9.24. The molecule has 380 valence electrons.